The number of amides is 1. The molecule has 0 heterocycles. The van der Waals surface area contributed by atoms with E-state index in [9.17, 15) is 4.79 Å². The van der Waals surface area contributed by atoms with Crippen LogP contribution in [0.25, 0.3) is 0 Å². The van der Waals surface area contributed by atoms with Crippen LogP contribution in [-0.2, 0) is 17.6 Å². The van der Waals surface area contributed by atoms with E-state index in [4.69, 9.17) is 4.74 Å². The monoisotopic (exact) mass is 366 g/mol. The van der Waals surface area contributed by atoms with Crippen LogP contribution in [0.3, 0.4) is 0 Å². The van der Waals surface area contributed by atoms with Gasteiger partial charge in [-0.15, -0.1) is 0 Å². The highest BCUT2D eigenvalue weighted by Crippen LogP contribution is 2.36. The highest BCUT2D eigenvalue weighted by atomic mass is 16.6. The Balaban J connectivity index is 2.01. The third kappa shape index (κ3) is 4.69. The van der Waals surface area contributed by atoms with Crippen LogP contribution in [0.15, 0.2) is 48.5 Å². The summed E-state index contributed by atoms with van der Waals surface area (Å²) in [5, 5.41) is 6.38. The molecule has 0 saturated heterocycles. The first-order valence-electron chi connectivity index (χ1n) is 9.69. The number of rotatable bonds is 4. The number of aryl methyl sites for hydroxylation is 2. The van der Waals surface area contributed by atoms with Crippen molar-refractivity contribution in [3.63, 3.8) is 0 Å². The maximum Gasteiger partial charge on any atom is 0.407 e. The molecular weight excluding hydrogens is 336 g/mol. The lowest BCUT2D eigenvalue weighted by atomic mass is 9.82. The Bertz CT molecular complexity index is 747. The molecule has 0 bridgehead atoms. The van der Waals surface area contributed by atoms with E-state index in [0.29, 0.717) is 6.54 Å². The van der Waals surface area contributed by atoms with Crippen molar-refractivity contribution in [1.82, 2.24) is 10.6 Å². The highest BCUT2D eigenvalue weighted by molar-refractivity contribution is 5.68. The van der Waals surface area contributed by atoms with Gasteiger partial charge in [0.15, 0.2) is 0 Å². The predicted octanol–water partition coefficient (Wildman–Crippen LogP) is 4.03. The first-order valence-corrected chi connectivity index (χ1v) is 9.69. The Morgan fingerprint density at radius 2 is 1.56 bits per heavy atom. The van der Waals surface area contributed by atoms with E-state index in [1.807, 2.05) is 27.8 Å². The fraction of sp³-hybridized carbons (Fsp3) is 0.435. The molecule has 1 aliphatic rings. The van der Waals surface area contributed by atoms with Gasteiger partial charge in [-0.1, -0.05) is 48.5 Å². The first kappa shape index (κ1) is 19.4. The molecular formula is C23H30N2O2. The molecule has 0 saturated carbocycles. The summed E-state index contributed by atoms with van der Waals surface area (Å²) in [6.45, 7) is 6.31. The quantitative estimate of drug-likeness (QED) is 0.859. The van der Waals surface area contributed by atoms with Crippen molar-refractivity contribution < 1.29 is 9.53 Å². The molecule has 1 aliphatic carbocycles. The molecule has 4 nitrogen and oxygen atoms in total. The van der Waals surface area contributed by atoms with Crippen LogP contribution in [0.1, 0.15) is 48.9 Å². The lowest BCUT2D eigenvalue weighted by Gasteiger charge is -2.31. The zero-order chi connectivity index (χ0) is 19.4. The van der Waals surface area contributed by atoms with Gasteiger partial charge in [-0.25, -0.2) is 4.79 Å². The van der Waals surface area contributed by atoms with Crippen LogP contribution in [0.2, 0.25) is 0 Å². The summed E-state index contributed by atoms with van der Waals surface area (Å²) < 4.78 is 5.53. The predicted molar refractivity (Wildman–Crippen MR) is 109 cm³/mol. The maximum atomic E-state index is 12.5. The number of hydrogen-bond acceptors (Lipinski definition) is 3. The molecule has 0 spiro atoms. The molecule has 3 rings (SSSR count). The molecule has 0 fully saturated rings. The lowest BCUT2D eigenvalue weighted by molar-refractivity contribution is 0.0500. The summed E-state index contributed by atoms with van der Waals surface area (Å²) in [7, 11) is 1.91. The van der Waals surface area contributed by atoms with E-state index >= 15 is 0 Å². The Kier molecular flexibility index (Phi) is 5.85. The fourth-order valence-electron chi connectivity index (χ4n) is 3.93. The zero-order valence-corrected chi connectivity index (χ0v) is 16.7. The molecule has 2 aromatic carbocycles. The van der Waals surface area contributed by atoms with Crippen molar-refractivity contribution in [1.29, 1.82) is 0 Å². The smallest absolute Gasteiger partial charge is 0.407 e. The van der Waals surface area contributed by atoms with Crippen molar-refractivity contribution >= 4 is 6.09 Å². The molecule has 0 radical (unpaired) electrons. The minimum Gasteiger partial charge on any atom is -0.444 e. The van der Waals surface area contributed by atoms with Gasteiger partial charge in [0.25, 0.3) is 0 Å². The second-order valence-electron chi connectivity index (χ2n) is 8.19. The minimum atomic E-state index is -0.520. The molecule has 144 valence electrons. The molecule has 1 unspecified atom stereocenters. The average molecular weight is 367 g/mol. The average Bonchev–Trinajstić information content (AvgIpc) is 2.76. The number of carbonyl (C=O) groups is 1. The van der Waals surface area contributed by atoms with Gasteiger partial charge in [0.2, 0.25) is 0 Å². The van der Waals surface area contributed by atoms with Gasteiger partial charge in [0.05, 0.1) is 6.04 Å². The highest BCUT2D eigenvalue weighted by Gasteiger charge is 2.32. The third-order valence-corrected chi connectivity index (χ3v) is 4.97. The lowest BCUT2D eigenvalue weighted by Crippen LogP contribution is -2.47. The van der Waals surface area contributed by atoms with Crippen molar-refractivity contribution in [3.8, 4) is 0 Å². The van der Waals surface area contributed by atoms with Crippen LogP contribution < -0.4 is 10.6 Å². The van der Waals surface area contributed by atoms with Crippen LogP contribution in [0.5, 0.6) is 0 Å². The number of alkyl carbamates (subject to hydrolysis) is 1. The summed E-state index contributed by atoms with van der Waals surface area (Å²) in [5.41, 5.74) is 4.77. The number of likely N-dealkylation sites (N-methyl/N-ethyl adjacent to an activating group) is 1. The van der Waals surface area contributed by atoms with Crippen molar-refractivity contribution in [2.24, 2.45) is 0 Å². The van der Waals surface area contributed by atoms with Crippen molar-refractivity contribution in [2.75, 3.05) is 13.6 Å². The van der Waals surface area contributed by atoms with Gasteiger partial charge < -0.3 is 15.4 Å². The van der Waals surface area contributed by atoms with E-state index in [1.165, 1.54) is 22.3 Å². The molecule has 4 heteroatoms. The molecule has 2 N–H and O–H groups in total. The van der Waals surface area contributed by atoms with Gasteiger partial charge in [0.1, 0.15) is 5.60 Å². The standard InChI is InChI=1S/C23H30N2O2/c1-23(2,3)27-22(26)25-20(15-24-4)21-18-11-7-5-9-16(18)13-14-17-10-6-8-12-19(17)21/h5-12,20-21,24H,13-15H2,1-4H3,(H,25,26). The Hall–Kier alpha value is -2.33. The fourth-order valence-corrected chi connectivity index (χ4v) is 3.93. The van der Waals surface area contributed by atoms with E-state index < -0.39 is 5.60 Å². The largest absolute Gasteiger partial charge is 0.444 e. The van der Waals surface area contributed by atoms with Crippen molar-refractivity contribution in [3.05, 3.63) is 70.8 Å². The third-order valence-electron chi connectivity index (χ3n) is 4.97. The Labute approximate surface area is 162 Å². The Morgan fingerprint density at radius 1 is 1.04 bits per heavy atom. The summed E-state index contributed by atoms with van der Waals surface area (Å²) in [4.78, 5) is 12.5. The Morgan fingerprint density at radius 3 is 2.04 bits per heavy atom. The van der Waals surface area contributed by atoms with Crippen molar-refractivity contribution in [2.45, 2.75) is 51.2 Å². The van der Waals surface area contributed by atoms with E-state index in [0.717, 1.165) is 12.8 Å². The number of nitrogens with one attached hydrogen (secondary N) is 2. The van der Waals surface area contributed by atoms with E-state index in [1.54, 1.807) is 0 Å². The second-order valence-corrected chi connectivity index (χ2v) is 8.19. The number of ether oxygens (including phenoxy) is 1. The topological polar surface area (TPSA) is 50.4 Å². The molecule has 27 heavy (non-hydrogen) atoms. The van der Waals surface area contributed by atoms with Gasteiger partial charge in [-0.05, 0) is 62.9 Å². The summed E-state index contributed by atoms with van der Waals surface area (Å²) in [6, 6.07) is 17.1. The molecule has 0 aromatic heterocycles. The summed E-state index contributed by atoms with van der Waals surface area (Å²) >= 11 is 0. The molecule has 1 atom stereocenters. The van der Waals surface area contributed by atoms with Gasteiger partial charge in [-0.2, -0.15) is 0 Å². The van der Waals surface area contributed by atoms with Crippen LogP contribution in [-0.4, -0.2) is 31.3 Å². The van der Waals surface area contributed by atoms with Crippen LogP contribution in [0.4, 0.5) is 4.79 Å². The van der Waals surface area contributed by atoms with Gasteiger partial charge >= 0.3 is 6.09 Å². The molecule has 2 aromatic rings. The second kappa shape index (κ2) is 8.13. The van der Waals surface area contributed by atoms with Gasteiger partial charge in [0, 0.05) is 12.5 Å². The first-order chi connectivity index (χ1) is 12.9. The minimum absolute atomic E-state index is 0.0832. The number of carbonyl (C=O) groups excluding carboxylic acids is 1. The number of fused-ring (bicyclic) bond motifs is 2. The SMILES string of the molecule is CNCC(NC(=O)OC(C)(C)C)C1c2ccccc2CCc2ccccc21. The summed E-state index contributed by atoms with van der Waals surface area (Å²) in [6.07, 6.45) is 1.66. The van der Waals surface area contributed by atoms with Gasteiger partial charge in [-0.3, -0.25) is 0 Å². The van der Waals surface area contributed by atoms with E-state index in [2.05, 4.69) is 59.2 Å². The maximum absolute atomic E-state index is 12.5. The molecule has 1 amide bonds. The summed E-state index contributed by atoms with van der Waals surface area (Å²) in [5.74, 6) is 0.0832. The zero-order valence-electron chi connectivity index (χ0n) is 16.7. The normalized spacial score (nSPS) is 15.3. The van der Waals surface area contributed by atoms with Crippen LogP contribution >= 0.6 is 0 Å². The van der Waals surface area contributed by atoms with Crippen LogP contribution in [0, 0.1) is 0 Å². The number of benzene rings is 2. The molecule has 0 aliphatic heterocycles. The van der Waals surface area contributed by atoms with E-state index in [-0.39, 0.29) is 18.1 Å². The number of hydrogen-bond donors (Lipinski definition) is 2.